The summed E-state index contributed by atoms with van der Waals surface area (Å²) in [5, 5.41) is 25.0. The Morgan fingerprint density at radius 1 is 1.45 bits per heavy atom. The summed E-state index contributed by atoms with van der Waals surface area (Å²) in [4.78, 5) is 56.9. The summed E-state index contributed by atoms with van der Waals surface area (Å²) >= 11 is 2.35. The summed E-state index contributed by atoms with van der Waals surface area (Å²) < 4.78 is 0. The SMILES string of the molecule is CC1=C(C(=O)O)N2C(=O)[C@@H](NC(=O)/C(=N\OCC(=O)O)c3csc(N)n3)[C@@H]2SC1. The standard InChI is InChI=1S/C15H15N5O7S2/c1-5-3-28-13-9(12(24)20(13)10(5)14(25)26)18-11(23)8(19-27-2-7(21)22)6-4-29-15(16)17-6/h4,9,13H,2-3H2,1H3,(H2,16,17)(H,18,23)(H,21,22)(H,25,26)/b19-8-/t9-,13+/m1/s1. The van der Waals surface area contributed by atoms with Gasteiger partial charge in [0.2, 0.25) is 6.61 Å². The second-order valence-corrected chi connectivity index (χ2v) is 7.97. The van der Waals surface area contributed by atoms with Crippen molar-refractivity contribution in [2.24, 2.45) is 5.16 Å². The molecule has 3 heterocycles. The van der Waals surface area contributed by atoms with Crippen LogP contribution in [0, 0.1) is 0 Å². The highest BCUT2D eigenvalue weighted by Gasteiger charge is 2.54. The van der Waals surface area contributed by atoms with Gasteiger partial charge >= 0.3 is 11.9 Å². The number of aliphatic carboxylic acids is 2. The number of oxime groups is 1. The van der Waals surface area contributed by atoms with Crippen molar-refractivity contribution < 1.29 is 34.2 Å². The summed E-state index contributed by atoms with van der Waals surface area (Å²) in [5.41, 5.74) is 5.73. The fraction of sp³-hybridized carbons (Fsp3) is 0.333. The largest absolute Gasteiger partial charge is 0.479 e. The Bertz CT molecular complexity index is 957. The van der Waals surface area contributed by atoms with E-state index in [2.05, 4.69) is 20.3 Å². The number of nitrogen functional groups attached to an aromatic ring is 1. The van der Waals surface area contributed by atoms with Crippen LogP contribution in [0.2, 0.25) is 0 Å². The van der Waals surface area contributed by atoms with Gasteiger partial charge in [-0.2, -0.15) is 0 Å². The molecule has 0 radical (unpaired) electrons. The highest BCUT2D eigenvalue weighted by atomic mass is 32.2. The zero-order valence-electron chi connectivity index (χ0n) is 14.8. The predicted octanol–water partition coefficient (Wildman–Crippen LogP) is -0.711. The van der Waals surface area contributed by atoms with Crippen LogP contribution in [0.3, 0.4) is 0 Å². The van der Waals surface area contributed by atoms with Gasteiger partial charge in [-0.3, -0.25) is 14.5 Å². The average Bonchev–Trinajstić information content (AvgIpc) is 3.08. The second kappa shape index (κ2) is 8.08. The van der Waals surface area contributed by atoms with Gasteiger partial charge in [0.1, 0.15) is 22.8 Å². The van der Waals surface area contributed by atoms with E-state index in [1.54, 1.807) is 6.92 Å². The van der Waals surface area contributed by atoms with Crippen molar-refractivity contribution >= 4 is 57.7 Å². The van der Waals surface area contributed by atoms with Gasteiger partial charge in [0, 0.05) is 11.1 Å². The first-order chi connectivity index (χ1) is 13.7. The van der Waals surface area contributed by atoms with Gasteiger partial charge in [0.25, 0.3) is 11.8 Å². The van der Waals surface area contributed by atoms with E-state index < -0.39 is 41.8 Å². The summed E-state index contributed by atoms with van der Waals surface area (Å²) in [6.45, 7) is 0.847. The number of carboxylic acid groups (broad SMARTS) is 2. The summed E-state index contributed by atoms with van der Waals surface area (Å²) in [6.07, 6.45) is 0. The number of thiazole rings is 1. The van der Waals surface area contributed by atoms with E-state index in [-0.39, 0.29) is 22.2 Å². The van der Waals surface area contributed by atoms with Crippen LogP contribution in [-0.2, 0) is 24.0 Å². The molecule has 12 nitrogen and oxygen atoms in total. The van der Waals surface area contributed by atoms with Crippen molar-refractivity contribution in [2.45, 2.75) is 18.3 Å². The van der Waals surface area contributed by atoms with Gasteiger partial charge in [-0.1, -0.05) is 5.16 Å². The third-order valence-corrected chi connectivity index (χ3v) is 6.07. The van der Waals surface area contributed by atoms with Crippen molar-refractivity contribution in [1.29, 1.82) is 0 Å². The Hall–Kier alpha value is -3.13. The van der Waals surface area contributed by atoms with Crippen molar-refractivity contribution in [3.8, 4) is 0 Å². The topological polar surface area (TPSA) is 185 Å². The third kappa shape index (κ3) is 4.02. The third-order valence-electron chi connectivity index (χ3n) is 3.97. The van der Waals surface area contributed by atoms with Crippen LogP contribution in [-0.4, -0.2) is 73.3 Å². The quantitative estimate of drug-likeness (QED) is 0.239. The second-order valence-electron chi connectivity index (χ2n) is 5.97. The molecule has 0 saturated carbocycles. The van der Waals surface area contributed by atoms with Crippen LogP contribution in [0.15, 0.2) is 21.8 Å². The lowest BCUT2D eigenvalue weighted by molar-refractivity contribution is -0.150. The maximum atomic E-state index is 12.7. The van der Waals surface area contributed by atoms with E-state index in [0.29, 0.717) is 11.3 Å². The zero-order valence-corrected chi connectivity index (χ0v) is 16.5. The van der Waals surface area contributed by atoms with E-state index >= 15 is 0 Å². The molecule has 1 aromatic rings. The number of fused-ring (bicyclic) bond motifs is 1. The molecule has 154 valence electrons. The number of nitrogens with one attached hydrogen (secondary N) is 1. The smallest absolute Gasteiger partial charge is 0.352 e. The van der Waals surface area contributed by atoms with Gasteiger partial charge < -0.3 is 26.1 Å². The molecule has 1 fully saturated rings. The lowest BCUT2D eigenvalue weighted by Gasteiger charge is -2.49. The molecule has 2 aliphatic heterocycles. The minimum atomic E-state index is -1.29. The van der Waals surface area contributed by atoms with E-state index in [1.165, 1.54) is 17.1 Å². The zero-order chi connectivity index (χ0) is 21.3. The molecule has 0 aliphatic carbocycles. The lowest BCUT2D eigenvalue weighted by Crippen LogP contribution is -2.71. The maximum Gasteiger partial charge on any atom is 0.352 e. The molecule has 5 N–H and O–H groups in total. The maximum absolute atomic E-state index is 12.7. The number of β-lactam (4-membered cyclic amide) rings is 1. The van der Waals surface area contributed by atoms with Gasteiger partial charge in [0.05, 0.1) is 0 Å². The molecule has 0 aromatic carbocycles. The van der Waals surface area contributed by atoms with Gasteiger partial charge in [0.15, 0.2) is 10.8 Å². The van der Waals surface area contributed by atoms with Crippen molar-refractivity contribution in [3.05, 3.63) is 22.3 Å². The molecule has 0 bridgehead atoms. The van der Waals surface area contributed by atoms with Crippen LogP contribution < -0.4 is 11.1 Å². The molecule has 2 amide bonds. The first kappa shape index (κ1) is 20.6. The average molecular weight is 441 g/mol. The molecule has 2 aliphatic rings. The first-order valence-corrected chi connectivity index (χ1v) is 9.95. The highest BCUT2D eigenvalue weighted by Crippen LogP contribution is 2.40. The Kier molecular flexibility index (Phi) is 5.74. The van der Waals surface area contributed by atoms with E-state index in [4.69, 9.17) is 10.8 Å². The number of carboxylic acids is 2. The summed E-state index contributed by atoms with van der Waals surface area (Å²) in [7, 11) is 0. The summed E-state index contributed by atoms with van der Waals surface area (Å²) in [5.74, 6) is -3.52. The molecule has 29 heavy (non-hydrogen) atoms. The van der Waals surface area contributed by atoms with Crippen LogP contribution >= 0.6 is 23.1 Å². The number of amides is 2. The van der Waals surface area contributed by atoms with Crippen LogP contribution in [0.1, 0.15) is 12.6 Å². The van der Waals surface area contributed by atoms with Crippen LogP contribution in [0.25, 0.3) is 0 Å². The molecule has 14 heteroatoms. The van der Waals surface area contributed by atoms with Crippen molar-refractivity contribution in [2.75, 3.05) is 18.1 Å². The minimum Gasteiger partial charge on any atom is -0.479 e. The Morgan fingerprint density at radius 2 is 2.17 bits per heavy atom. The van der Waals surface area contributed by atoms with Gasteiger partial charge in [-0.05, 0) is 12.5 Å². The number of hydrogen-bond donors (Lipinski definition) is 4. The molecule has 0 unspecified atom stereocenters. The van der Waals surface area contributed by atoms with E-state index in [9.17, 15) is 24.3 Å². The molecule has 2 atom stereocenters. The predicted molar refractivity (Wildman–Crippen MR) is 102 cm³/mol. The number of nitrogens with two attached hydrogens (primary N) is 1. The van der Waals surface area contributed by atoms with E-state index in [0.717, 1.165) is 16.2 Å². The van der Waals surface area contributed by atoms with Crippen LogP contribution in [0.4, 0.5) is 5.13 Å². The molecule has 1 saturated heterocycles. The number of aromatic nitrogens is 1. The highest BCUT2D eigenvalue weighted by molar-refractivity contribution is 8.00. The molecular formula is C15H15N5O7S2. The van der Waals surface area contributed by atoms with E-state index in [1.807, 2.05) is 0 Å². The Morgan fingerprint density at radius 3 is 2.76 bits per heavy atom. The fourth-order valence-corrected chi connectivity index (χ4v) is 4.58. The normalized spacial score (nSPS) is 21.3. The number of carbonyl (C=O) groups excluding carboxylic acids is 2. The van der Waals surface area contributed by atoms with Gasteiger partial charge in [-0.25, -0.2) is 14.6 Å². The molecule has 0 spiro atoms. The first-order valence-electron chi connectivity index (χ1n) is 8.02. The summed E-state index contributed by atoms with van der Waals surface area (Å²) in [6, 6.07) is -0.976. The van der Waals surface area contributed by atoms with Gasteiger partial charge in [-0.15, -0.1) is 23.1 Å². The Balaban J connectivity index is 1.78. The monoisotopic (exact) mass is 441 g/mol. The molecule has 1 aromatic heterocycles. The van der Waals surface area contributed by atoms with Crippen molar-refractivity contribution in [3.63, 3.8) is 0 Å². The fourth-order valence-electron chi connectivity index (χ4n) is 2.74. The molecular weight excluding hydrogens is 426 g/mol. The number of carbonyl (C=O) groups is 4. The minimum absolute atomic E-state index is 0.0530. The van der Waals surface area contributed by atoms with Crippen LogP contribution in [0.5, 0.6) is 0 Å². The number of rotatable bonds is 7. The Labute approximate surface area is 171 Å². The van der Waals surface area contributed by atoms with Crippen molar-refractivity contribution in [1.82, 2.24) is 15.2 Å². The molecule has 3 rings (SSSR count). The number of nitrogens with zero attached hydrogens (tertiary/aromatic N) is 3. The number of anilines is 1. The number of hydrogen-bond acceptors (Lipinski definition) is 10. The number of thioether (sulfide) groups is 1. The lowest BCUT2D eigenvalue weighted by atomic mass is 10.0.